The highest BCUT2D eigenvalue weighted by atomic mass is 32.2. The Kier molecular flexibility index (Phi) is 3.78. The van der Waals surface area contributed by atoms with E-state index in [1.807, 2.05) is 6.92 Å². The van der Waals surface area contributed by atoms with E-state index in [0.29, 0.717) is 23.2 Å². The molecule has 74 valence electrons. The molecule has 0 aromatic heterocycles. The molecule has 2 unspecified atom stereocenters. The Balaban J connectivity index is 2.30. The van der Waals surface area contributed by atoms with Gasteiger partial charge in [-0.05, 0) is 6.42 Å². The van der Waals surface area contributed by atoms with Gasteiger partial charge in [0.15, 0.2) is 0 Å². The fourth-order valence-electron chi connectivity index (χ4n) is 1.43. The van der Waals surface area contributed by atoms with Crippen molar-refractivity contribution in [2.75, 3.05) is 12.9 Å². The summed E-state index contributed by atoms with van der Waals surface area (Å²) in [5, 5.41) is 0.312. The van der Waals surface area contributed by atoms with Gasteiger partial charge in [-0.3, -0.25) is 9.59 Å². The third-order valence-electron chi connectivity index (χ3n) is 2.38. The van der Waals surface area contributed by atoms with Gasteiger partial charge < -0.3 is 4.74 Å². The molecule has 1 fully saturated rings. The summed E-state index contributed by atoms with van der Waals surface area (Å²) in [5.41, 5.74) is 0. The van der Waals surface area contributed by atoms with Crippen LogP contribution < -0.4 is 0 Å². The molecule has 0 saturated heterocycles. The molecule has 1 saturated carbocycles. The number of Topliss-reactive ketones (excluding diaryl/α,β-unsaturated/α-hetero) is 1. The van der Waals surface area contributed by atoms with E-state index in [4.69, 9.17) is 0 Å². The molecule has 0 bridgehead atoms. The molecule has 1 aliphatic carbocycles. The minimum Gasteiger partial charge on any atom is -0.468 e. The van der Waals surface area contributed by atoms with Crippen LogP contribution in [0, 0.1) is 5.92 Å². The van der Waals surface area contributed by atoms with Gasteiger partial charge in [0.05, 0.1) is 12.9 Å². The molecule has 1 aliphatic rings. The van der Waals surface area contributed by atoms with E-state index >= 15 is 0 Å². The molecule has 0 spiro atoms. The van der Waals surface area contributed by atoms with E-state index in [2.05, 4.69) is 4.74 Å². The molecule has 0 aromatic rings. The molecule has 2 atom stereocenters. The molecule has 0 radical (unpaired) electrons. The average molecular weight is 202 g/mol. The van der Waals surface area contributed by atoms with Crippen molar-refractivity contribution in [1.29, 1.82) is 0 Å². The van der Waals surface area contributed by atoms with E-state index < -0.39 is 0 Å². The Labute approximate surface area is 82.2 Å². The quantitative estimate of drug-likeness (QED) is 0.646. The number of methoxy groups -OCH3 is 1. The predicted molar refractivity (Wildman–Crippen MR) is 51.7 cm³/mol. The van der Waals surface area contributed by atoms with Crippen molar-refractivity contribution in [3.8, 4) is 0 Å². The Morgan fingerprint density at radius 1 is 1.69 bits per heavy atom. The summed E-state index contributed by atoms with van der Waals surface area (Å²) in [5.74, 6) is 0.576. The van der Waals surface area contributed by atoms with E-state index in [0.717, 1.165) is 6.42 Å². The topological polar surface area (TPSA) is 43.4 Å². The highest BCUT2D eigenvalue weighted by molar-refractivity contribution is 8.00. The lowest BCUT2D eigenvalue weighted by atomic mass is 10.1. The van der Waals surface area contributed by atoms with Gasteiger partial charge >= 0.3 is 5.97 Å². The number of ketones is 1. The van der Waals surface area contributed by atoms with Crippen LogP contribution in [0.1, 0.15) is 19.8 Å². The summed E-state index contributed by atoms with van der Waals surface area (Å²) in [6.07, 6.45) is 1.57. The van der Waals surface area contributed by atoms with Crippen molar-refractivity contribution in [2.24, 2.45) is 5.92 Å². The highest BCUT2D eigenvalue weighted by Gasteiger charge is 2.31. The fourth-order valence-corrected chi connectivity index (χ4v) is 2.62. The summed E-state index contributed by atoms with van der Waals surface area (Å²) in [7, 11) is 1.38. The maximum Gasteiger partial charge on any atom is 0.315 e. The lowest BCUT2D eigenvalue weighted by Gasteiger charge is -2.11. The summed E-state index contributed by atoms with van der Waals surface area (Å²) < 4.78 is 4.53. The van der Waals surface area contributed by atoms with Gasteiger partial charge in [0.2, 0.25) is 0 Å². The molecule has 3 nitrogen and oxygen atoms in total. The van der Waals surface area contributed by atoms with E-state index in [1.54, 1.807) is 0 Å². The molecule has 0 aromatic carbocycles. The van der Waals surface area contributed by atoms with Crippen molar-refractivity contribution in [1.82, 2.24) is 0 Å². The number of rotatable bonds is 3. The van der Waals surface area contributed by atoms with Crippen LogP contribution in [0.25, 0.3) is 0 Å². The first kappa shape index (κ1) is 10.6. The van der Waals surface area contributed by atoms with Crippen LogP contribution in [-0.4, -0.2) is 29.9 Å². The summed E-state index contributed by atoms with van der Waals surface area (Å²) in [4.78, 5) is 22.0. The molecule has 0 amide bonds. The average Bonchev–Trinajstić information content (AvgIpc) is 2.44. The lowest BCUT2D eigenvalue weighted by Crippen LogP contribution is -2.15. The molecule has 0 heterocycles. The SMILES string of the molecule is COC(=O)CSC1CCC(=O)C1C. The zero-order valence-corrected chi connectivity index (χ0v) is 8.73. The monoisotopic (exact) mass is 202 g/mol. The fraction of sp³-hybridized carbons (Fsp3) is 0.778. The predicted octanol–water partition coefficient (Wildman–Crippen LogP) is 1.26. The van der Waals surface area contributed by atoms with Crippen molar-refractivity contribution < 1.29 is 14.3 Å². The van der Waals surface area contributed by atoms with Gasteiger partial charge in [-0.2, -0.15) is 0 Å². The first-order chi connectivity index (χ1) is 6.15. The number of hydrogen-bond acceptors (Lipinski definition) is 4. The molecule has 4 heteroatoms. The van der Waals surface area contributed by atoms with Crippen LogP contribution in [0.15, 0.2) is 0 Å². The Bertz CT molecular complexity index is 215. The van der Waals surface area contributed by atoms with Crippen LogP contribution in [-0.2, 0) is 14.3 Å². The van der Waals surface area contributed by atoms with E-state index in [1.165, 1.54) is 18.9 Å². The van der Waals surface area contributed by atoms with Gasteiger partial charge in [-0.25, -0.2) is 0 Å². The number of ether oxygens (including phenoxy) is 1. The second kappa shape index (κ2) is 4.65. The standard InChI is InChI=1S/C9H14O3S/c1-6-7(10)3-4-8(6)13-5-9(11)12-2/h6,8H,3-5H2,1-2H3. The largest absolute Gasteiger partial charge is 0.468 e. The van der Waals surface area contributed by atoms with Crippen LogP contribution in [0.4, 0.5) is 0 Å². The van der Waals surface area contributed by atoms with Crippen LogP contribution in [0.2, 0.25) is 0 Å². The first-order valence-electron chi connectivity index (χ1n) is 4.36. The van der Waals surface area contributed by atoms with Gasteiger partial charge in [-0.15, -0.1) is 11.8 Å². The molecule has 0 aliphatic heterocycles. The minimum atomic E-state index is -0.212. The van der Waals surface area contributed by atoms with Crippen LogP contribution >= 0.6 is 11.8 Å². The number of thioether (sulfide) groups is 1. The molecular weight excluding hydrogens is 188 g/mol. The summed E-state index contributed by atoms with van der Waals surface area (Å²) >= 11 is 1.53. The smallest absolute Gasteiger partial charge is 0.315 e. The Morgan fingerprint density at radius 2 is 2.38 bits per heavy atom. The van der Waals surface area contributed by atoms with E-state index in [9.17, 15) is 9.59 Å². The normalized spacial score (nSPS) is 27.7. The molecule has 13 heavy (non-hydrogen) atoms. The summed E-state index contributed by atoms with van der Waals surface area (Å²) in [6, 6.07) is 0. The van der Waals surface area contributed by atoms with Crippen LogP contribution in [0.5, 0.6) is 0 Å². The van der Waals surface area contributed by atoms with Crippen LogP contribution in [0.3, 0.4) is 0 Å². The van der Waals surface area contributed by atoms with Crippen molar-refractivity contribution >= 4 is 23.5 Å². The van der Waals surface area contributed by atoms with Gasteiger partial charge in [0, 0.05) is 17.6 Å². The second-order valence-electron chi connectivity index (χ2n) is 3.22. The van der Waals surface area contributed by atoms with Gasteiger partial charge in [-0.1, -0.05) is 6.92 Å². The van der Waals surface area contributed by atoms with Gasteiger partial charge in [0.1, 0.15) is 5.78 Å². The Morgan fingerprint density at radius 3 is 2.85 bits per heavy atom. The number of carbonyl (C=O) groups is 2. The second-order valence-corrected chi connectivity index (χ2v) is 4.45. The maximum atomic E-state index is 11.2. The van der Waals surface area contributed by atoms with Crippen molar-refractivity contribution in [3.05, 3.63) is 0 Å². The number of carbonyl (C=O) groups excluding carboxylic acids is 2. The lowest BCUT2D eigenvalue weighted by molar-refractivity contribution is -0.137. The zero-order chi connectivity index (χ0) is 9.84. The minimum absolute atomic E-state index is 0.106. The van der Waals surface area contributed by atoms with E-state index in [-0.39, 0.29) is 11.9 Å². The molecule has 0 N–H and O–H groups in total. The molecule has 1 rings (SSSR count). The number of esters is 1. The third-order valence-corrected chi connectivity index (χ3v) is 3.86. The zero-order valence-electron chi connectivity index (χ0n) is 7.91. The maximum absolute atomic E-state index is 11.2. The summed E-state index contributed by atoms with van der Waals surface area (Å²) in [6.45, 7) is 1.93. The van der Waals surface area contributed by atoms with Gasteiger partial charge in [0.25, 0.3) is 0 Å². The first-order valence-corrected chi connectivity index (χ1v) is 5.41. The van der Waals surface area contributed by atoms with Crippen molar-refractivity contribution in [3.63, 3.8) is 0 Å². The van der Waals surface area contributed by atoms with Crippen molar-refractivity contribution in [2.45, 2.75) is 25.0 Å². The molecular formula is C9H14O3S. The third kappa shape index (κ3) is 2.72. The highest BCUT2D eigenvalue weighted by Crippen LogP contribution is 2.32. The Hall–Kier alpha value is -0.510. The number of hydrogen-bond donors (Lipinski definition) is 0.